The zero-order valence-corrected chi connectivity index (χ0v) is 11.2. The van der Waals surface area contributed by atoms with Crippen LogP contribution in [0, 0.1) is 0 Å². The van der Waals surface area contributed by atoms with Gasteiger partial charge in [-0.05, 0) is 37.3 Å². The van der Waals surface area contributed by atoms with Crippen molar-refractivity contribution in [3.63, 3.8) is 0 Å². The van der Waals surface area contributed by atoms with Crippen LogP contribution in [0.4, 0.5) is 5.69 Å². The number of nitrogens with two attached hydrogens (primary N) is 1. The smallest absolute Gasteiger partial charge is 0.356 e. The molecule has 5 nitrogen and oxygen atoms in total. The lowest BCUT2D eigenvalue weighted by atomic mass is 10.2. The van der Waals surface area contributed by atoms with E-state index in [2.05, 4.69) is 10.3 Å². The molecule has 0 radical (unpaired) electrons. The van der Waals surface area contributed by atoms with Crippen LogP contribution in [0.3, 0.4) is 0 Å². The molecule has 1 heterocycles. The number of pyridine rings is 1. The predicted molar refractivity (Wildman–Crippen MR) is 78.1 cm³/mol. The highest BCUT2D eigenvalue weighted by Gasteiger charge is 2.09. The van der Waals surface area contributed by atoms with Gasteiger partial charge in [0.1, 0.15) is 5.69 Å². The number of aromatic nitrogens is 1. The Morgan fingerprint density at radius 1 is 1.42 bits per heavy atom. The van der Waals surface area contributed by atoms with Crippen LogP contribution >= 0.6 is 12.2 Å². The van der Waals surface area contributed by atoms with Gasteiger partial charge in [0.25, 0.3) is 0 Å². The molecule has 0 aliphatic carbocycles. The van der Waals surface area contributed by atoms with Crippen molar-refractivity contribution in [1.82, 2.24) is 4.98 Å². The Balaban J connectivity index is 2.39. The van der Waals surface area contributed by atoms with Crippen molar-refractivity contribution in [2.75, 3.05) is 11.9 Å². The SMILES string of the molecule is CCOC(=O)c1ccc2ccc(NC(N)=S)cc2n1. The predicted octanol–water partition coefficient (Wildman–Crippen LogP) is 2.07. The van der Waals surface area contributed by atoms with Crippen LogP contribution in [-0.2, 0) is 4.74 Å². The van der Waals surface area contributed by atoms with Crippen LogP contribution in [0.25, 0.3) is 10.9 Å². The van der Waals surface area contributed by atoms with Crippen LogP contribution in [-0.4, -0.2) is 22.7 Å². The second kappa shape index (κ2) is 5.62. The summed E-state index contributed by atoms with van der Waals surface area (Å²) < 4.78 is 4.91. The molecule has 2 rings (SSSR count). The molecule has 0 aliphatic rings. The van der Waals surface area contributed by atoms with E-state index >= 15 is 0 Å². The van der Waals surface area contributed by atoms with Crippen LogP contribution in [0.15, 0.2) is 30.3 Å². The Morgan fingerprint density at radius 3 is 2.84 bits per heavy atom. The maximum atomic E-state index is 11.6. The van der Waals surface area contributed by atoms with E-state index in [0.29, 0.717) is 12.1 Å². The number of carbonyl (C=O) groups excluding carboxylic acids is 1. The highest BCUT2D eigenvalue weighted by atomic mass is 32.1. The van der Waals surface area contributed by atoms with Gasteiger partial charge in [-0.25, -0.2) is 9.78 Å². The third-order valence-corrected chi connectivity index (χ3v) is 2.55. The molecule has 0 bridgehead atoms. The lowest BCUT2D eigenvalue weighted by molar-refractivity contribution is 0.0520. The van der Waals surface area contributed by atoms with E-state index in [4.69, 9.17) is 22.7 Å². The maximum Gasteiger partial charge on any atom is 0.356 e. The van der Waals surface area contributed by atoms with Gasteiger partial charge in [0.2, 0.25) is 0 Å². The number of esters is 1. The molecule has 3 N–H and O–H groups in total. The minimum atomic E-state index is -0.433. The first-order valence-corrected chi connectivity index (χ1v) is 6.15. The highest BCUT2D eigenvalue weighted by molar-refractivity contribution is 7.80. The van der Waals surface area contributed by atoms with E-state index in [1.54, 1.807) is 19.1 Å². The summed E-state index contributed by atoms with van der Waals surface area (Å²) in [4.78, 5) is 15.9. The van der Waals surface area contributed by atoms with E-state index in [1.807, 2.05) is 18.2 Å². The van der Waals surface area contributed by atoms with Gasteiger partial charge in [-0.2, -0.15) is 0 Å². The summed E-state index contributed by atoms with van der Waals surface area (Å²) in [5.41, 5.74) is 7.09. The number of hydrogen-bond acceptors (Lipinski definition) is 4. The van der Waals surface area contributed by atoms with Crippen molar-refractivity contribution in [2.24, 2.45) is 5.73 Å². The molecule has 0 fully saturated rings. The summed E-state index contributed by atoms with van der Waals surface area (Å²) in [6.45, 7) is 2.07. The van der Waals surface area contributed by atoms with E-state index < -0.39 is 5.97 Å². The third kappa shape index (κ3) is 3.17. The van der Waals surface area contributed by atoms with Crippen LogP contribution in [0.2, 0.25) is 0 Å². The van der Waals surface area contributed by atoms with Gasteiger partial charge in [0.15, 0.2) is 5.11 Å². The fourth-order valence-corrected chi connectivity index (χ4v) is 1.77. The first-order chi connectivity index (χ1) is 9.10. The molecule has 0 spiro atoms. The Kier molecular flexibility index (Phi) is 3.91. The summed E-state index contributed by atoms with van der Waals surface area (Å²) in [7, 11) is 0. The van der Waals surface area contributed by atoms with Crippen molar-refractivity contribution >= 4 is 39.9 Å². The number of benzene rings is 1. The van der Waals surface area contributed by atoms with E-state index in [0.717, 1.165) is 11.1 Å². The molecule has 1 aromatic heterocycles. The molecule has 0 saturated heterocycles. The average Bonchev–Trinajstić information content (AvgIpc) is 2.37. The number of ether oxygens (including phenoxy) is 1. The number of nitrogens with zero attached hydrogens (tertiary/aromatic N) is 1. The van der Waals surface area contributed by atoms with Gasteiger partial charge in [0, 0.05) is 11.1 Å². The number of carbonyl (C=O) groups is 1. The second-order valence-electron chi connectivity index (χ2n) is 3.81. The van der Waals surface area contributed by atoms with Crippen LogP contribution < -0.4 is 11.1 Å². The number of rotatable bonds is 3. The van der Waals surface area contributed by atoms with Gasteiger partial charge >= 0.3 is 5.97 Å². The molecule has 0 unspecified atom stereocenters. The number of nitrogens with one attached hydrogen (secondary N) is 1. The Hall–Kier alpha value is -2.21. The summed E-state index contributed by atoms with van der Waals surface area (Å²) in [6.07, 6.45) is 0. The Labute approximate surface area is 115 Å². The topological polar surface area (TPSA) is 77.2 Å². The van der Waals surface area contributed by atoms with Crippen LogP contribution in [0.1, 0.15) is 17.4 Å². The van der Waals surface area contributed by atoms with Crippen molar-refractivity contribution < 1.29 is 9.53 Å². The first-order valence-electron chi connectivity index (χ1n) is 5.74. The van der Waals surface area contributed by atoms with Gasteiger partial charge in [-0.1, -0.05) is 12.1 Å². The van der Waals surface area contributed by atoms with E-state index in [9.17, 15) is 4.79 Å². The molecule has 1 aromatic carbocycles. The Morgan fingerprint density at radius 2 is 2.16 bits per heavy atom. The van der Waals surface area contributed by atoms with Crippen molar-refractivity contribution in [2.45, 2.75) is 6.92 Å². The molecule has 6 heteroatoms. The summed E-state index contributed by atoms with van der Waals surface area (Å²) in [5.74, 6) is -0.433. The molecule has 0 amide bonds. The largest absolute Gasteiger partial charge is 0.461 e. The minimum Gasteiger partial charge on any atom is -0.461 e. The number of anilines is 1. The van der Waals surface area contributed by atoms with Gasteiger partial charge in [-0.15, -0.1) is 0 Å². The molecule has 0 atom stereocenters. The molecule has 19 heavy (non-hydrogen) atoms. The first kappa shape index (κ1) is 13.2. The van der Waals surface area contributed by atoms with Crippen LogP contribution in [0.5, 0.6) is 0 Å². The summed E-state index contributed by atoms with van der Waals surface area (Å²) in [5, 5.41) is 3.92. The normalized spacial score (nSPS) is 10.2. The molecular formula is C13H13N3O2S. The zero-order valence-electron chi connectivity index (χ0n) is 10.3. The summed E-state index contributed by atoms with van der Waals surface area (Å²) in [6, 6.07) is 8.95. The summed E-state index contributed by atoms with van der Waals surface area (Å²) >= 11 is 4.77. The third-order valence-electron chi connectivity index (χ3n) is 2.44. The molecule has 2 aromatic rings. The number of hydrogen-bond donors (Lipinski definition) is 2. The van der Waals surface area contributed by atoms with Gasteiger partial charge in [-0.3, -0.25) is 0 Å². The standard InChI is InChI=1S/C13H13N3O2S/c1-2-18-12(17)10-6-4-8-3-5-9(15-13(14)19)7-11(8)16-10/h3-7H,2H2,1H3,(H3,14,15,19). The fraction of sp³-hybridized carbons (Fsp3) is 0.154. The average molecular weight is 275 g/mol. The number of thiocarbonyl (C=S) groups is 1. The molecule has 0 saturated carbocycles. The zero-order chi connectivity index (χ0) is 13.8. The number of fused-ring (bicyclic) bond motifs is 1. The lowest BCUT2D eigenvalue weighted by Gasteiger charge is -2.06. The van der Waals surface area contributed by atoms with Gasteiger partial charge in [0.05, 0.1) is 12.1 Å². The van der Waals surface area contributed by atoms with E-state index in [-0.39, 0.29) is 10.8 Å². The molecule has 0 aliphatic heterocycles. The maximum absolute atomic E-state index is 11.6. The van der Waals surface area contributed by atoms with Crippen molar-refractivity contribution in [3.05, 3.63) is 36.0 Å². The Bertz CT molecular complexity index is 643. The molecule has 98 valence electrons. The fourth-order valence-electron chi connectivity index (χ4n) is 1.66. The molecular weight excluding hydrogens is 262 g/mol. The lowest BCUT2D eigenvalue weighted by Crippen LogP contribution is -2.18. The minimum absolute atomic E-state index is 0.181. The van der Waals surface area contributed by atoms with Crippen molar-refractivity contribution in [1.29, 1.82) is 0 Å². The van der Waals surface area contributed by atoms with Gasteiger partial charge < -0.3 is 15.8 Å². The second-order valence-corrected chi connectivity index (χ2v) is 4.25. The van der Waals surface area contributed by atoms with E-state index in [1.165, 1.54) is 0 Å². The van der Waals surface area contributed by atoms with Crippen molar-refractivity contribution in [3.8, 4) is 0 Å². The monoisotopic (exact) mass is 275 g/mol. The highest BCUT2D eigenvalue weighted by Crippen LogP contribution is 2.18. The quantitative estimate of drug-likeness (QED) is 0.659.